The van der Waals surface area contributed by atoms with Gasteiger partial charge in [0.2, 0.25) is 0 Å². The van der Waals surface area contributed by atoms with E-state index in [0.717, 1.165) is 12.8 Å². The van der Waals surface area contributed by atoms with Gasteiger partial charge in [-0.1, -0.05) is 0 Å². The Morgan fingerprint density at radius 1 is 1.64 bits per heavy atom. The van der Waals surface area contributed by atoms with E-state index in [1.165, 1.54) is 12.0 Å². The zero-order valence-corrected chi connectivity index (χ0v) is 8.23. The minimum absolute atomic E-state index is 0.201. The number of nitrogens with zero attached hydrogens (tertiary/aromatic N) is 1. The number of carboxylic acid groups (broad SMARTS) is 1. The van der Waals surface area contributed by atoms with E-state index in [2.05, 4.69) is 0 Å². The molecule has 0 aromatic heterocycles. The van der Waals surface area contributed by atoms with Gasteiger partial charge in [0.15, 0.2) is 0 Å². The van der Waals surface area contributed by atoms with E-state index in [4.69, 9.17) is 9.84 Å². The molecule has 1 rings (SSSR count). The van der Waals surface area contributed by atoms with Gasteiger partial charge in [-0.25, -0.2) is 0 Å². The normalized spacial score (nSPS) is 23.4. The quantitative estimate of drug-likeness (QED) is 0.703. The van der Waals surface area contributed by atoms with Gasteiger partial charge in [0, 0.05) is 13.7 Å². The summed E-state index contributed by atoms with van der Waals surface area (Å²) in [6, 6.07) is 0. The highest BCUT2D eigenvalue weighted by Crippen LogP contribution is 2.13. The predicted molar refractivity (Wildman–Crippen MR) is 48.9 cm³/mol. The highest BCUT2D eigenvalue weighted by Gasteiger charge is 2.27. The third-order valence-corrected chi connectivity index (χ3v) is 2.34. The molecule has 1 amide bonds. The van der Waals surface area contributed by atoms with Crippen LogP contribution < -0.4 is 0 Å². The van der Waals surface area contributed by atoms with Gasteiger partial charge in [0.05, 0.1) is 0 Å². The number of hydrogen-bond donors (Lipinski definition) is 1. The maximum Gasteiger partial charge on any atom is 0.323 e. The minimum atomic E-state index is -0.977. The van der Waals surface area contributed by atoms with E-state index in [-0.39, 0.29) is 12.5 Å². The zero-order chi connectivity index (χ0) is 10.6. The van der Waals surface area contributed by atoms with E-state index in [1.54, 1.807) is 0 Å². The molecule has 0 aromatic rings. The second kappa shape index (κ2) is 4.95. The Bertz CT molecular complexity index is 229. The van der Waals surface area contributed by atoms with E-state index in [9.17, 15) is 9.59 Å². The first-order chi connectivity index (χ1) is 6.65. The van der Waals surface area contributed by atoms with Gasteiger partial charge >= 0.3 is 5.97 Å². The number of likely N-dealkylation sites (tertiary alicyclic amines) is 1. The van der Waals surface area contributed by atoms with Crippen LogP contribution in [0.3, 0.4) is 0 Å². The van der Waals surface area contributed by atoms with Crippen molar-refractivity contribution in [1.29, 1.82) is 0 Å². The van der Waals surface area contributed by atoms with Gasteiger partial charge < -0.3 is 14.7 Å². The number of methoxy groups -OCH3 is 1. The number of rotatable bonds is 3. The molecular weight excluding hydrogens is 186 g/mol. The molecule has 1 N–H and O–H groups in total. The monoisotopic (exact) mass is 201 g/mol. The van der Waals surface area contributed by atoms with Crippen LogP contribution in [0.2, 0.25) is 0 Å². The van der Waals surface area contributed by atoms with Crippen molar-refractivity contribution in [2.75, 3.05) is 20.2 Å². The number of hydrogen-bond acceptors (Lipinski definition) is 3. The Balaban J connectivity index is 2.63. The fourth-order valence-electron chi connectivity index (χ4n) is 1.61. The van der Waals surface area contributed by atoms with Crippen molar-refractivity contribution in [3.63, 3.8) is 0 Å². The average Bonchev–Trinajstić information content (AvgIpc) is 2.29. The molecule has 1 atom stereocenters. The molecule has 0 aliphatic carbocycles. The van der Waals surface area contributed by atoms with Crippen LogP contribution in [0, 0.1) is 0 Å². The summed E-state index contributed by atoms with van der Waals surface area (Å²) in [7, 11) is 1.48. The van der Waals surface area contributed by atoms with Crippen LogP contribution in [0.25, 0.3) is 0 Å². The summed E-state index contributed by atoms with van der Waals surface area (Å²) < 4.78 is 5.01. The highest BCUT2D eigenvalue weighted by molar-refractivity contribution is 5.84. The van der Waals surface area contributed by atoms with Crippen molar-refractivity contribution in [1.82, 2.24) is 4.90 Å². The summed E-state index contributed by atoms with van der Waals surface area (Å²) in [4.78, 5) is 23.5. The summed E-state index contributed by atoms with van der Waals surface area (Å²) in [5, 5.41) is 8.60. The fourth-order valence-corrected chi connectivity index (χ4v) is 1.61. The van der Waals surface area contributed by atoms with Crippen molar-refractivity contribution in [3.8, 4) is 0 Å². The summed E-state index contributed by atoms with van der Waals surface area (Å²) in [6.45, 7) is 0.295. The number of ether oxygens (including phenoxy) is 1. The van der Waals surface area contributed by atoms with Crippen molar-refractivity contribution in [3.05, 3.63) is 0 Å². The Hall–Kier alpha value is -1.10. The van der Waals surface area contributed by atoms with Gasteiger partial charge in [-0.15, -0.1) is 0 Å². The van der Waals surface area contributed by atoms with Crippen LogP contribution in [0.5, 0.6) is 0 Å². The molecule has 1 aliphatic rings. The molecule has 1 fully saturated rings. The predicted octanol–water partition coefficient (Wildman–Crippen LogP) is 0.0985. The summed E-state index contributed by atoms with van der Waals surface area (Å²) in [5.41, 5.74) is 0. The summed E-state index contributed by atoms with van der Waals surface area (Å²) in [6.07, 6.45) is 1.97. The first kappa shape index (κ1) is 11.0. The zero-order valence-electron chi connectivity index (χ0n) is 8.23. The minimum Gasteiger partial charge on any atom is -0.480 e. The van der Waals surface area contributed by atoms with Crippen LogP contribution in [0.1, 0.15) is 19.3 Å². The standard InChI is InChI=1S/C9H15NO4/c1-14-7-4-2-3-5-10(9(7)13)6-8(11)12/h7H,2-6H2,1H3,(H,11,12). The Kier molecular flexibility index (Phi) is 3.88. The third-order valence-electron chi connectivity index (χ3n) is 2.34. The molecule has 5 nitrogen and oxygen atoms in total. The molecular formula is C9H15NO4. The highest BCUT2D eigenvalue weighted by atomic mass is 16.5. The van der Waals surface area contributed by atoms with Crippen LogP contribution in [-0.2, 0) is 14.3 Å². The second-order valence-electron chi connectivity index (χ2n) is 3.37. The van der Waals surface area contributed by atoms with Gasteiger partial charge in [-0.2, -0.15) is 0 Å². The smallest absolute Gasteiger partial charge is 0.323 e. The lowest BCUT2D eigenvalue weighted by Gasteiger charge is -2.21. The summed E-state index contributed by atoms with van der Waals surface area (Å²) in [5.74, 6) is -1.18. The lowest BCUT2D eigenvalue weighted by atomic mass is 10.2. The van der Waals surface area contributed by atoms with Crippen molar-refractivity contribution in [2.24, 2.45) is 0 Å². The molecule has 0 aromatic carbocycles. The van der Waals surface area contributed by atoms with Gasteiger partial charge in [-0.05, 0) is 19.3 Å². The van der Waals surface area contributed by atoms with E-state index in [0.29, 0.717) is 13.0 Å². The molecule has 14 heavy (non-hydrogen) atoms. The van der Waals surface area contributed by atoms with Gasteiger partial charge in [-0.3, -0.25) is 9.59 Å². The van der Waals surface area contributed by atoms with E-state index < -0.39 is 12.1 Å². The topological polar surface area (TPSA) is 66.8 Å². The molecule has 1 unspecified atom stereocenters. The molecule has 1 aliphatic heterocycles. The van der Waals surface area contributed by atoms with E-state index in [1.807, 2.05) is 0 Å². The Morgan fingerprint density at radius 3 is 2.93 bits per heavy atom. The molecule has 1 heterocycles. The first-order valence-electron chi connectivity index (χ1n) is 4.68. The van der Waals surface area contributed by atoms with Gasteiger partial charge in [0.25, 0.3) is 5.91 Å². The Morgan fingerprint density at radius 2 is 2.36 bits per heavy atom. The number of carboxylic acids is 1. The molecule has 0 radical (unpaired) electrons. The Labute approximate surface area is 82.6 Å². The summed E-state index contributed by atoms with van der Waals surface area (Å²) >= 11 is 0. The third kappa shape index (κ3) is 2.70. The lowest BCUT2D eigenvalue weighted by Crippen LogP contribution is -2.41. The molecule has 1 saturated heterocycles. The first-order valence-corrected chi connectivity index (χ1v) is 4.68. The van der Waals surface area contributed by atoms with Crippen LogP contribution in [0.4, 0.5) is 0 Å². The molecule has 0 saturated carbocycles. The molecule has 0 spiro atoms. The van der Waals surface area contributed by atoms with E-state index >= 15 is 0 Å². The number of amides is 1. The molecule has 80 valence electrons. The average molecular weight is 201 g/mol. The molecule has 5 heteroatoms. The number of carbonyl (C=O) groups is 2. The van der Waals surface area contributed by atoms with Crippen molar-refractivity contribution >= 4 is 11.9 Å². The SMILES string of the molecule is COC1CCCCN(CC(=O)O)C1=O. The van der Waals surface area contributed by atoms with Crippen molar-refractivity contribution in [2.45, 2.75) is 25.4 Å². The molecule has 0 bridgehead atoms. The maximum absolute atomic E-state index is 11.6. The number of carbonyl (C=O) groups excluding carboxylic acids is 1. The van der Waals surface area contributed by atoms with Gasteiger partial charge in [0.1, 0.15) is 12.6 Å². The largest absolute Gasteiger partial charge is 0.480 e. The van der Waals surface area contributed by atoms with Crippen LogP contribution >= 0.6 is 0 Å². The maximum atomic E-state index is 11.6. The lowest BCUT2D eigenvalue weighted by molar-refractivity contribution is -0.149. The second-order valence-corrected chi connectivity index (χ2v) is 3.37. The van der Waals surface area contributed by atoms with Crippen LogP contribution in [0.15, 0.2) is 0 Å². The van der Waals surface area contributed by atoms with Crippen molar-refractivity contribution < 1.29 is 19.4 Å². The van der Waals surface area contributed by atoms with Crippen LogP contribution in [-0.4, -0.2) is 48.2 Å². The number of aliphatic carboxylic acids is 1. The fraction of sp³-hybridized carbons (Fsp3) is 0.778.